The molecule has 0 N–H and O–H groups in total. The first-order valence-electron chi connectivity index (χ1n) is 8.00. The molecule has 0 saturated carbocycles. The Balaban J connectivity index is 1.97. The lowest BCUT2D eigenvalue weighted by Gasteiger charge is -2.20. The Morgan fingerprint density at radius 2 is 2.00 bits per heavy atom. The van der Waals surface area contributed by atoms with Gasteiger partial charge in [-0.25, -0.2) is 0 Å². The molecule has 0 saturated heterocycles. The number of hydrogen-bond acceptors (Lipinski definition) is 3. The number of hydrogen-bond donors (Lipinski definition) is 0. The number of benzene rings is 1. The van der Waals surface area contributed by atoms with Crippen molar-refractivity contribution in [3.63, 3.8) is 0 Å². The van der Waals surface area contributed by atoms with E-state index in [4.69, 9.17) is 4.74 Å². The molecule has 0 bridgehead atoms. The largest absolute Gasteiger partial charge is 0.489 e. The molecule has 0 aliphatic carbocycles. The molecule has 3 rings (SSSR count). The lowest BCUT2D eigenvalue weighted by Crippen LogP contribution is -2.29. The predicted molar refractivity (Wildman–Crippen MR) is 91.3 cm³/mol. The van der Waals surface area contributed by atoms with Crippen molar-refractivity contribution in [3.8, 4) is 5.75 Å². The maximum atomic E-state index is 13.0. The van der Waals surface area contributed by atoms with Crippen molar-refractivity contribution >= 4 is 11.6 Å². The second kappa shape index (κ2) is 6.03. The third-order valence-electron chi connectivity index (χ3n) is 4.21. The monoisotopic (exact) mass is 310 g/mol. The zero-order valence-corrected chi connectivity index (χ0v) is 14.1. The van der Waals surface area contributed by atoms with Crippen molar-refractivity contribution in [2.75, 3.05) is 11.4 Å². The van der Waals surface area contributed by atoms with E-state index in [1.807, 2.05) is 18.7 Å². The highest BCUT2D eigenvalue weighted by atomic mass is 16.5. The number of pyridine rings is 1. The Kier molecular flexibility index (Phi) is 4.07. The van der Waals surface area contributed by atoms with Gasteiger partial charge in [0.2, 0.25) is 0 Å². The van der Waals surface area contributed by atoms with Gasteiger partial charge in [-0.15, -0.1) is 0 Å². The highest BCUT2D eigenvalue weighted by Crippen LogP contribution is 2.33. The van der Waals surface area contributed by atoms with Gasteiger partial charge in [-0.2, -0.15) is 0 Å². The van der Waals surface area contributed by atoms with Gasteiger partial charge in [-0.05, 0) is 62.9 Å². The summed E-state index contributed by atoms with van der Waals surface area (Å²) in [6.07, 6.45) is 4.15. The van der Waals surface area contributed by atoms with Crippen LogP contribution in [0.15, 0.2) is 30.6 Å². The number of aromatic nitrogens is 1. The van der Waals surface area contributed by atoms with Crippen LogP contribution in [-0.4, -0.2) is 23.5 Å². The molecule has 1 aromatic carbocycles. The van der Waals surface area contributed by atoms with Crippen LogP contribution in [0, 0.1) is 13.8 Å². The summed E-state index contributed by atoms with van der Waals surface area (Å²) in [4.78, 5) is 19.0. The van der Waals surface area contributed by atoms with Gasteiger partial charge in [0, 0.05) is 18.4 Å². The Morgan fingerprint density at radius 1 is 1.26 bits per heavy atom. The van der Waals surface area contributed by atoms with Crippen LogP contribution in [0.25, 0.3) is 0 Å². The minimum absolute atomic E-state index is 0.00140. The summed E-state index contributed by atoms with van der Waals surface area (Å²) in [5.41, 5.74) is 5.30. The number of aryl methyl sites for hydroxylation is 2. The van der Waals surface area contributed by atoms with Gasteiger partial charge >= 0.3 is 0 Å². The fraction of sp³-hybridized carbons (Fsp3) is 0.368. The average Bonchev–Trinajstić information content (AvgIpc) is 2.90. The van der Waals surface area contributed by atoms with E-state index in [1.165, 1.54) is 16.7 Å². The summed E-state index contributed by atoms with van der Waals surface area (Å²) in [5.74, 6) is 0.523. The molecule has 1 amide bonds. The zero-order chi connectivity index (χ0) is 16.6. The molecular weight excluding hydrogens is 288 g/mol. The van der Waals surface area contributed by atoms with Crippen LogP contribution >= 0.6 is 0 Å². The zero-order valence-electron chi connectivity index (χ0n) is 14.1. The standard InChI is InChI=1S/C19H22N2O2/c1-12(2)23-18-11-20-7-5-16(18)19(22)21-8-6-15-9-13(3)14(4)10-17(15)21/h5,7,9-12H,6,8H2,1-4H3. The number of ether oxygens (including phenoxy) is 1. The van der Waals surface area contributed by atoms with E-state index in [0.29, 0.717) is 17.9 Å². The second-order valence-electron chi connectivity index (χ2n) is 6.31. The summed E-state index contributed by atoms with van der Waals surface area (Å²) in [7, 11) is 0. The number of amides is 1. The van der Waals surface area contributed by atoms with Crippen molar-refractivity contribution in [3.05, 3.63) is 52.8 Å². The van der Waals surface area contributed by atoms with Gasteiger partial charge in [0.15, 0.2) is 5.75 Å². The minimum atomic E-state index is -0.0231. The molecule has 0 atom stereocenters. The predicted octanol–water partition coefficient (Wildman–Crippen LogP) is 3.69. The number of rotatable bonds is 3. The topological polar surface area (TPSA) is 42.4 Å². The lowest BCUT2D eigenvalue weighted by molar-refractivity contribution is 0.0983. The van der Waals surface area contributed by atoms with Gasteiger partial charge in [-0.3, -0.25) is 9.78 Å². The summed E-state index contributed by atoms with van der Waals surface area (Å²) in [6.45, 7) is 8.78. The molecular formula is C19H22N2O2. The molecule has 2 aromatic rings. The van der Waals surface area contributed by atoms with E-state index < -0.39 is 0 Å². The molecule has 23 heavy (non-hydrogen) atoms. The number of carbonyl (C=O) groups excluding carboxylic acids is 1. The van der Waals surface area contributed by atoms with Crippen LogP contribution in [0.3, 0.4) is 0 Å². The highest BCUT2D eigenvalue weighted by molar-refractivity contribution is 6.09. The van der Waals surface area contributed by atoms with E-state index in [2.05, 4.69) is 31.0 Å². The number of fused-ring (bicyclic) bond motifs is 1. The molecule has 4 nitrogen and oxygen atoms in total. The smallest absolute Gasteiger partial charge is 0.262 e. The quantitative estimate of drug-likeness (QED) is 0.868. The Labute approximate surface area is 137 Å². The van der Waals surface area contributed by atoms with Crippen molar-refractivity contribution in [2.45, 2.75) is 40.2 Å². The average molecular weight is 310 g/mol. The van der Waals surface area contributed by atoms with Crippen molar-refractivity contribution < 1.29 is 9.53 Å². The number of carbonyl (C=O) groups is 1. The van der Waals surface area contributed by atoms with E-state index >= 15 is 0 Å². The molecule has 120 valence electrons. The summed E-state index contributed by atoms with van der Waals surface area (Å²) in [5, 5.41) is 0. The van der Waals surface area contributed by atoms with Gasteiger partial charge in [-0.1, -0.05) is 6.07 Å². The lowest BCUT2D eigenvalue weighted by atomic mass is 10.0. The second-order valence-corrected chi connectivity index (χ2v) is 6.31. The molecule has 1 aliphatic heterocycles. The summed E-state index contributed by atoms with van der Waals surface area (Å²) >= 11 is 0. The Bertz CT molecular complexity index is 753. The van der Waals surface area contributed by atoms with Crippen LogP contribution in [0.2, 0.25) is 0 Å². The van der Waals surface area contributed by atoms with E-state index in [9.17, 15) is 4.79 Å². The SMILES string of the molecule is Cc1cc2c(cc1C)N(C(=O)c1ccncc1OC(C)C)CC2. The fourth-order valence-corrected chi connectivity index (χ4v) is 2.93. The van der Waals surface area contributed by atoms with Gasteiger partial charge in [0.25, 0.3) is 5.91 Å². The summed E-state index contributed by atoms with van der Waals surface area (Å²) < 4.78 is 5.75. The first-order chi connectivity index (χ1) is 11.0. The number of anilines is 1. The van der Waals surface area contributed by atoms with Gasteiger partial charge in [0.05, 0.1) is 17.9 Å². The highest BCUT2D eigenvalue weighted by Gasteiger charge is 2.28. The third-order valence-corrected chi connectivity index (χ3v) is 4.21. The molecule has 4 heteroatoms. The molecule has 0 unspecified atom stereocenters. The fourth-order valence-electron chi connectivity index (χ4n) is 2.93. The summed E-state index contributed by atoms with van der Waals surface area (Å²) in [6, 6.07) is 6.04. The van der Waals surface area contributed by atoms with E-state index in [-0.39, 0.29) is 12.0 Å². The maximum Gasteiger partial charge on any atom is 0.262 e. The first kappa shape index (κ1) is 15.5. The molecule has 1 aromatic heterocycles. The third kappa shape index (κ3) is 2.93. The van der Waals surface area contributed by atoms with Crippen LogP contribution in [0.5, 0.6) is 5.75 Å². The normalized spacial score (nSPS) is 13.3. The Morgan fingerprint density at radius 3 is 2.74 bits per heavy atom. The van der Waals surface area contributed by atoms with Gasteiger partial charge in [0.1, 0.15) is 0 Å². The molecule has 1 aliphatic rings. The maximum absolute atomic E-state index is 13.0. The molecule has 0 spiro atoms. The molecule has 0 radical (unpaired) electrons. The van der Waals surface area contributed by atoms with E-state index in [0.717, 1.165) is 12.1 Å². The van der Waals surface area contributed by atoms with Crippen LogP contribution in [0.4, 0.5) is 5.69 Å². The van der Waals surface area contributed by atoms with Crippen molar-refractivity contribution in [2.24, 2.45) is 0 Å². The minimum Gasteiger partial charge on any atom is -0.489 e. The van der Waals surface area contributed by atoms with Crippen molar-refractivity contribution in [1.29, 1.82) is 0 Å². The molecule has 0 fully saturated rings. The van der Waals surface area contributed by atoms with Crippen LogP contribution < -0.4 is 9.64 Å². The van der Waals surface area contributed by atoms with Crippen LogP contribution in [0.1, 0.15) is 40.9 Å². The molecule has 2 heterocycles. The Hall–Kier alpha value is -2.36. The van der Waals surface area contributed by atoms with Crippen LogP contribution in [-0.2, 0) is 6.42 Å². The number of nitrogens with zero attached hydrogens (tertiary/aromatic N) is 2. The van der Waals surface area contributed by atoms with Crippen molar-refractivity contribution in [1.82, 2.24) is 4.98 Å². The van der Waals surface area contributed by atoms with E-state index in [1.54, 1.807) is 18.5 Å². The first-order valence-corrected chi connectivity index (χ1v) is 8.00. The van der Waals surface area contributed by atoms with Gasteiger partial charge < -0.3 is 9.64 Å².